The fourth-order valence-electron chi connectivity index (χ4n) is 1.55. The molecule has 5 nitrogen and oxygen atoms in total. The van der Waals surface area contributed by atoms with Crippen LogP contribution in [0.4, 0.5) is 5.82 Å². The fourth-order valence-corrected chi connectivity index (χ4v) is 1.55. The van der Waals surface area contributed by atoms with E-state index in [9.17, 15) is 4.79 Å². The van der Waals surface area contributed by atoms with Crippen molar-refractivity contribution in [1.29, 1.82) is 0 Å². The summed E-state index contributed by atoms with van der Waals surface area (Å²) in [6.45, 7) is 6.04. The van der Waals surface area contributed by atoms with E-state index in [0.717, 1.165) is 23.8 Å². The summed E-state index contributed by atoms with van der Waals surface area (Å²) < 4.78 is 0. The molecule has 1 rings (SSSR count). The van der Waals surface area contributed by atoms with Gasteiger partial charge in [-0.1, -0.05) is 13.8 Å². The number of aromatic nitrogens is 2. The van der Waals surface area contributed by atoms with Crippen LogP contribution < -0.4 is 4.90 Å². The number of carbonyl (C=O) groups is 1. The fraction of sp³-hybridized carbons (Fsp3) is 0.583. The molecule has 0 saturated heterocycles. The standard InChI is InChI=1S/C12H19N3O2/c1-5-10-13-9(3)6-11(14-10)15(4)7-8(2)12(16)17/h6,8H,5,7H2,1-4H3,(H,16,17). The van der Waals surface area contributed by atoms with Gasteiger partial charge in [-0.05, 0) is 6.92 Å². The van der Waals surface area contributed by atoms with Gasteiger partial charge in [-0.3, -0.25) is 4.79 Å². The third-order valence-corrected chi connectivity index (χ3v) is 2.56. The molecule has 94 valence electrons. The monoisotopic (exact) mass is 237 g/mol. The van der Waals surface area contributed by atoms with Crippen LogP contribution in [0.15, 0.2) is 6.07 Å². The number of nitrogens with zero attached hydrogens (tertiary/aromatic N) is 3. The van der Waals surface area contributed by atoms with Crippen LogP contribution in [0.25, 0.3) is 0 Å². The average molecular weight is 237 g/mol. The Bertz CT molecular complexity index is 407. The van der Waals surface area contributed by atoms with E-state index in [-0.39, 0.29) is 0 Å². The molecule has 0 aliphatic rings. The Morgan fingerprint density at radius 2 is 2.18 bits per heavy atom. The van der Waals surface area contributed by atoms with Crippen molar-refractivity contribution in [2.24, 2.45) is 5.92 Å². The van der Waals surface area contributed by atoms with Gasteiger partial charge in [-0.15, -0.1) is 0 Å². The van der Waals surface area contributed by atoms with Gasteiger partial charge in [0, 0.05) is 31.8 Å². The number of carboxylic acids is 1. The lowest BCUT2D eigenvalue weighted by Gasteiger charge is -2.21. The normalized spacial score (nSPS) is 12.2. The maximum atomic E-state index is 10.8. The summed E-state index contributed by atoms with van der Waals surface area (Å²) >= 11 is 0. The Hall–Kier alpha value is -1.65. The van der Waals surface area contributed by atoms with Crippen molar-refractivity contribution in [1.82, 2.24) is 9.97 Å². The first kappa shape index (κ1) is 13.4. The van der Waals surface area contributed by atoms with Crippen LogP contribution in [0.5, 0.6) is 0 Å². The highest BCUT2D eigenvalue weighted by molar-refractivity contribution is 5.70. The molecule has 0 radical (unpaired) electrons. The predicted molar refractivity (Wildman–Crippen MR) is 66.2 cm³/mol. The highest BCUT2D eigenvalue weighted by Gasteiger charge is 2.15. The summed E-state index contributed by atoms with van der Waals surface area (Å²) in [5.41, 5.74) is 0.904. The van der Waals surface area contributed by atoms with Crippen LogP contribution in [0, 0.1) is 12.8 Å². The zero-order valence-electron chi connectivity index (χ0n) is 10.8. The number of hydrogen-bond acceptors (Lipinski definition) is 4. The first-order valence-corrected chi connectivity index (χ1v) is 5.72. The van der Waals surface area contributed by atoms with Gasteiger partial charge < -0.3 is 10.0 Å². The van der Waals surface area contributed by atoms with E-state index in [2.05, 4.69) is 9.97 Å². The summed E-state index contributed by atoms with van der Waals surface area (Å²) in [4.78, 5) is 21.3. The highest BCUT2D eigenvalue weighted by atomic mass is 16.4. The first-order chi connectivity index (χ1) is 7.93. The molecule has 0 aliphatic heterocycles. The molecule has 1 atom stereocenters. The van der Waals surface area contributed by atoms with E-state index >= 15 is 0 Å². The minimum absolute atomic E-state index is 0.416. The van der Waals surface area contributed by atoms with Gasteiger partial charge in [-0.2, -0.15) is 0 Å². The molecule has 17 heavy (non-hydrogen) atoms. The number of aryl methyl sites for hydroxylation is 2. The molecule has 1 aromatic rings. The predicted octanol–water partition coefficient (Wildman–Crippen LogP) is 1.50. The molecule has 1 heterocycles. The second-order valence-electron chi connectivity index (χ2n) is 4.26. The molecule has 0 aromatic carbocycles. The molecule has 5 heteroatoms. The van der Waals surface area contributed by atoms with Crippen molar-refractivity contribution in [3.05, 3.63) is 17.6 Å². The first-order valence-electron chi connectivity index (χ1n) is 5.72. The Balaban J connectivity index is 2.84. The molecule has 1 aromatic heterocycles. The molecule has 0 fully saturated rings. The number of anilines is 1. The third-order valence-electron chi connectivity index (χ3n) is 2.56. The van der Waals surface area contributed by atoms with E-state index in [4.69, 9.17) is 5.11 Å². The van der Waals surface area contributed by atoms with E-state index in [1.807, 2.05) is 31.9 Å². The van der Waals surface area contributed by atoms with Crippen LogP contribution >= 0.6 is 0 Å². The Morgan fingerprint density at radius 3 is 2.71 bits per heavy atom. The van der Waals surface area contributed by atoms with Gasteiger partial charge in [-0.25, -0.2) is 9.97 Å². The zero-order chi connectivity index (χ0) is 13.0. The van der Waals surface area contributed by atoms with E-state index in [0.29, 0.717) is 6.54 Å². The Labute approximate surface area is 102 Å². The van der Waals surface area contributed by atoms with Crippen molar-refractivity contribution in [2.75, 3.05) is 18.5 Å². The summed E-state index contributed by atoms with van der Waals surface area (Å²) in [5, 5.41) is 8.87. The van der Waals surface area contributed by atoms with Crippen molar-refractivity contribution in [3.8, 4) is 0 Å². The topological polar surface area (TPSA) is 66.3 Å². The second kappa shape index (κ2) is 5.61. The molecule has 0 saturated carbocycles. The summed E-state index contributed by atoms with van der Waals surface area (Å²) in [7, 11) is 1.85. The van der Waals surface area contributed by atoms with Gasteiger partial charge in [0.15, 0.2) is 0 Å². The van der Waals surface area contributed by atoms with Gasteiger partial charge in [0.25, 0.3) is 0 Å². The van der Waals surface area contributed by atoms with Crippen molar-refractivity contribution in [2.45, 2.75) is 27.2 Å². The summed E-state index contributed by atoms with van der Waals surface area (Å²) in [5.74, 6) is 0.357. The van der Waals surface area contributed by atoms with Crippen LogP contribution in [-0.4, -0.2) is 34.6 Å². The second-order valence-corrected chi connectivity index (χ2v) is 4.26. The third kappa shape index (κ3) is 3.69. The molecular formula is C12H19N3O2. The van der Waals surface area contributed by atoms with Crippen LogP contribution in [0.1, 0.15) is 25.4 Å². The maximum absolute atomic E-state index is 10.8. The van der Waals surface area contributed by atoms with Gasteiger partial charge in [0.2, 0.25) is 0 Å². The zero-order valence-corrected chi connectivity index (χ0v) is 10.8. The largest absolute Gasteiger partial charge is 0.481 e. The van der Waals surface area contributed by atoms with Crippen molar-refractivity contribution < 1.29 is 9.90 Å². The van der Waals surface area contributed by atoms with E-state index in [1.54, 1.807) is 6.92 Å². The lowest BCUT2D eigenvalue weighted by atomic mass is 10.2. The lowest BCUT2D eigenvalue weighted by molar-refractivity contribution is -0.140. The van der Waals surface area contributed by atoms with Gasteiger partial charge >= 0.3 is 5.97 Å². The summed E-state index contributed by atoms with van der Waals surface area (Å²) in [6.07, 6.45) is 0.775. The highest BCUT2D eigenvalue weighted by Crippen LogP contribution is 2.13. The summed E-state index contributed by atoms with van der Waals surface area (Å²) in [6, 6.07) is 1.87. The minimum Gasteiger partial charge on any atom is -0.481 e. The lowest BCUT2D eigenvalue weighted by Crippen LogP contribution is -2.29. The molecule has 1 N–H and O–H groups in total. The Kier molecular flexibility index (Phi) is 4.43. The van der Waals surface area contributed by atoms with Crippen LogP contribution in [-0.2, 0) is 11.2 Å². The van der Waals surface area contributed by atoms with E-state index < -0.39 is 11.9 Å². The average Bonchev–Trinajstić information content (AvgIpc) is 2.27. The van der Waals surface area contributed by atoms with Crippen molar-refractivity contribution in [3.63, 3.8) is 0 Å². The minimum atomic E-state index is -0.793. The molecule has 0 aliphatic carbocycles. The SMILES string of the molecule is CCc1nc(C)cc(N(C)CC(C)C(=O)O)n1. The van der Waals surface area contributed by atoms with Crippen LogP contribution in [0.3, 0.4) is 0 Å². The number of carboxylic acid groups (broad SMARTS) is 1. The molecular weight excluding hydrogens is 218 g/mol. The number of aliphatic carboxylic acids is 1. The maximum Gasteiger partial charge on any atom is 0.308 e. The number of hydrogen-bond donors (Lipinski definition) is 1. The van der Waals surface area contributed by atoms with Gasteiger partial charge in [0.1, 0.15) is 11.6 Å². The quantitative estimate of drug-likeness (QED) is 0.840. The molecule has 0 amide bonds. The Morgan fingerprint density at radius 1 is 1.53 bits per heavy atom. The van der Waals surface area contributed by atoms with Gasteiger partial charge in [0.05, 0.1) is 5.92 Å². The smallest absolute Gasteiger partial charge is 0.308 e. The molecule has 0 spiro atoms. The number of rotatable bonds is 5. The van der Waals surface area contributed by atoms with E-state index in [1.165, 1.54) is 0 Å². The van der Waals surface area contributed by atoms with Crippen LogP contribution in [0.2, 0.25) is 0 Å². The molecule has 0 bridgehead atoms. The van der Waals surface area contributed by atoms with Crippen molar-refractivity contribution >= 4 is 11.8 Å². The molecule has 1 unspecified atom stereocenters.